The summed E-state index contributed by atoms with van der Waals surface area (Å²) in [6, 6.07) is 13.6. The summed E-state index contributed by atoms with van der Waals surface area (Å²) in [5.74, 6) is 4.32. The van der Waals surface area contributed by atoms with Crippen LogP contribution in [0.15, 0.2) is 42.5 Å². The van der Waals surface area contributed by atoms with Gasteiger partial charge in [0.15, 0.2) is 12.6 Å². The third-order valence-corrected chi connectivity index (χ3v) is 19.6. The fraction of sp³-hybridized carbons (Fsp3) is 0.580. The zero-order valence-electron chi connectivity index (χ0n) is 39.4. The van der Waals surface area contributed by atoms with Crippen LogP contribution in [0.2, 0.25) is 16.6 Å². The van der Waals surface area contributed by atoms with Crippen LogP contribution in [-0.4, -0.2) is 119 Å². The number of hydrogen-bond donors (Lipinski definition) is 0. The van der Waals surface area contributed by atoms with E-state index in [1.165, 1.54) is 0 Å². The number of piperazine rings is 1. The topological polar surface area (TPSA) is 98.7 Å². The highest BCUT2D eigenvalue weighted by atomic mass is 28.3. The largest absolute Gasteiger partial charge is 0.468 e. The Hall–Kier alpha value is -4.48. The lowest BCUT2D eigenvalue weighted by atomic mass is 9.93. The van der Waals surface area contributed by atoms with Crippen molar-refractivity contribution in [3.05, 3.63) is 53.8 Å². The molecule has 3 aliphatic rings. The fourth-order valence-corrected chi connectivity index (χ4v) is 15.1. The minimum absolute atomic E-state index is 0.0112. The van der Waals surface area contributed by atoms with Crippen LogP contribution in [0.3, 0.4) is 0 Å². The van der Waals surface area contributed by atoms with E-state index in [1.54, 1.807) is 12.0 Å². The molecule has 0 spiro atoms. The maximum Gasteiger partial charge on any atom is 0.410 e. The van der Waals surface area contributed by atoms with Crippen molar-refractivity contribution in [3.63, 3.8) is 0 Å². The molecule has 0 N–H and O–H groups in total. The minimum Gasteiger partial charge on any atom is -0.468 e. The van der Waals surface area contributed by atoms with E-state index >= 15 is 4.39 Å². The van der Waals surface area contributed by atoms with Gasteiger partial charge in [-0.1, -0.05) is 65.7 Å². The Kier molecular flexibility index (Phi) is 14.0. The highest BCUT2D eigenvalue weighted by Crippen LogP contribution is 2.47. The third kappa shape index (κ3) is 10.1. The van der Waals surface area contributed by atoms with Crippen molar-refractivity contribution in [1.29, 1.82) is 0 Å². The van der Waals surface area contributed by atoms with Gasteiger partial charge >= 0.3 is 12.1 Å². The van der Waals surface area contributed by atoms with Crippen LogP contribution in [0.1, 0.15) is 87.6 Å². The van der Waals surface area contributed by atoms with Crippen molar-refractivity contribution in [2.75, 3.05) is 77.9 Å². The summed E-state index contributed by atoms with van der Waals surface area (Å²) in [7, 11) is -0.526. The van der Waals surface area contributed by atoms with Gasteiger partial charge in [-0.2, -0.15) is 9.97 Å². The van der Waals surface area contributed by atoms with Crippen LogP contribution in [0.25, 0.3) is 32.8 Å². The Labute approximate surface area is 375 Å². The first-order chi connectivity index (χ1) is 29.9. The van der Waals surface area contributed by atoms with E-state index < -0.39 is 19.5 Å². The lowest BCUT2D eigenvalue weighted by Crippen LogP contribution is -2.54. The van der Waals surface area contributed by atoms with E-state index in [-0.39, 0.29) is 35.9 Å². The van der Waals surface area contributed by atoms with Crippen molar-refractivity contribution in [2.45, 2.75) is 110 Å². The van der Waals surface area contributed by atoms with Crippen molar-refractivity contribution in [2.24, 2.45) is 5.41 Å². The summed E-state index contributed by atoms with van der Waals surface area (Å²) in [6.07, 6.45) is 1.74. The Balaban J connectivity index is 1.35. The molecular weight excluding hydrogens is 814 g/mol. The number of carbonyl (C=O) groups is 1. The van der Waals surface area contributed by atoms with Gasteiger partial charge in [0.05, 0.1) is 19.8 Å². The number of ether oxygens (including phenoxy) is 5. The number of nitrogens with zero attached hydrogens (tertiary/aromatic N) is 5. The third-order valence-electron chi connectivity index (χ3n) is 13.3. The summed E-state index contributed by atoms with van der Waals surface area (Å²) >= 11 is 0. The summed E-state index contributed by atoms with van der Waals surface area (Å²) in [6.45, 7) is 27.5. The van der Waals surface area contributed by atoms with E-state index in [0.29, 0.717) is 70.9 Å². The van der Waals surface area contributed by atoms with Gasteiger partial charge in [0.1, 0.15) is 30.8 Å². The Morgan fingerprint density at radius 2 is 1.67 bits per heavy atom. The monoisotopic (exact) mass is 881 g/mol. The number of morpholine rings is 1. The van der Waals surface area contributed by atoms with Crippen molar-refractivity contribution in [3.8, 4) is 34.4 Å². The molecule has 340 valence electrons. The molecule has 0 bridgehead atoms. The molecule has 0 unspecified atom stereocenters. The first-order valence-corrected chi connectivity index (χ1v) is 25.1. The number of carbonyl (C=O) groups excluding carboxylic acids is 1. The predicted octanol–water partition coefficient (Wildman–Crippen LogP) is 10.1. The number of anilines is 1. The van der Waals surface area contributed by atoms with E-state index in [0.717, 1.165) is 62.0 Å². The zero-order valence-corrected chi connectivity index (χ0v) is 40.4. The van der Waals surface area contributed by atoms with Crippen molar-refractivity contribution < 1.29 is 32.9 Å². The van der Waals surface area contributed by atoms with Gasteiger partial charge in [0.25, 0.3) is 0 Å². The lowest BCUT2D eigenvalue weighted by molar-refractivity contribution is 0.0218. The van der Waals surface area contributed by atoms with Gasteiger partial charge < -0.3 is 33.5 Å². The summed E-state index contributed by atoms with van der Waals surface area (Å²) in [5.41, 5.74) is 6.67. The van der Waals surface area contributed by atoms with Crippen molar-refractivity contribution in [1.82, 2.24) is 19.8 Å². The molecule has 4 aromatic rings. The first kappa shape index (κ1) is 46.5. The quantitative estimate of drug-likeness (QED) is 0.0734. The highest BCUT2D eigenvalue weighted by molar-refractivity contribution is 6.90. The molecule has 2 saturated heterocycles. The summed E-state index contributed by atoms with van der Waals surface area (Å²) in [5, 5.41) is 2.30. The van der Waals surface area contributed by atoms with Gasteiger partial charge in [-0.15, -0.1) is 5.54 Å². The number of aromatic nitrogens is 2. The Bertz CT molecular complexity index is 2320. The van der Waals surface area contributed by atoms with Crippen LogP contribution in [-0.2, 0) is 14.2 Å². The van der Waals surface area contributed by atoms with E-state index in [9.17, 15) is 4.79 Å². The van der Waals surface area contributed by atoms with E-state index in [4.69, 9.17) is 33.7 Å². The molecule has 11 nitrogen and oxygen atoms in total. The predicted molar refractivity (Wildman–Crippen MR) is 252 cm³/mol. The Morgan fingerprint density at radius 1 is 0.952 bits per heavy atom. The molecule has 3 fully saturated rings. The molecule has 2 aliphatic heterocycles. The summed E-state index contributed by atoms with van der Waals surface area (Å²) < 4.78 is 47.1. The fourth-order valence-electron chi connectivity index (χ4n) is 9.89. The van der Waals surface area contributed by atoms with Crippen LogP contribution in [0.5, 0.6) is 11.8 Å². The maximum atomic E-state index is 17.9. The number of methoxy groups -OCH3 is 1. The number of amides is 1. The van der Waals surface area contributed by atoms with Crippen LogP contribution in [0, 0.1) is 22.7 Å². The molecule has 3 aromatic carbocycles. The Morgan fingerprint density at radius 3 is 2.30 bits per heavy atom. The number of fused-ring (bicyclic) bond motifs is 2. The highest BCUT2D eigenvalue weighted by Gasteiger charge is 2.45. The molecule has 1 atom stereocenters. The molecule has 13 heteroatoms. The van der Waals surface area contributed by atoms with Crippen LogP contribution in [0.4, 0.5) is 15.0 Å². The number of rotatable bonds is 13. The second-order valence-corrected chi connectivity index (χ2v) is 25.5. The number of benzene rings is 3. The van der Waals surface area contributed by atoms with Crippen LogP contribution < -0.4 is 14.4 Å². The van der Waals surface area contributed by atoms with Gasteiger partial charge in [0, 0.05) is 79.7 Å². The van der Waals surface area contributed by atoms with Crippen LogP contribution >= 0.6 is 0 Å². The minimum atomic E-state index is -2.11. The van der Waals surface area contributed by atoms with Gasteiger partial charge in [-0.3, -0.25) is 4.90 Å². The lowest BCUT2D eigenvalue weighted by Gasteiger charge is -2.41. The molecule has 3 heterocycles. The molecule has 7 rings (SSSR count). The van der Waals surface area contributed by atoms with E-state index in [2.05, 4.69) is 62.8 Å². The first-order valence-electron chi connectivity index (χ1n) is 22.8. The average molecular weight is 882 g/mol. The normalized spacial score (nSPS) is 18.3. The van der Waals surface area contributed by atoms with Gasteiger partial charge in [0.2, 0.25) is 0 Å². The second-order valence-electron chi connectivity index (χ2n) is 19.9. The molecule has 1 aromatic heterocycles. The summed E-state index contributed by atoms with van der Waals surface area (Å²) in [4.78, 5) is 29.4. The van der Waals surface area contributed by atoms with Gasteiger partial charge in [-0.25, -0.2) is 9.18 Å². The van der Waals surface area contributed by atoms with Crippen molar-refractivity contribution >= 4 is 41.7 Å². The maximum absolute atomic E-state index is 17.9. The molecule has 1 saturated carbocycles. The molecular formula is C50H68FN5O6Si. The molecule has 1 aliphatic carbocycles. The number of hydrogen-bond acceptors (Lipinski definition) is 10. The average Bonchev–Trinajstić information content (AvgIpc) is 4.00. The molecule has 0 radical (unpaired) electrons. The van der Waals surface area contributed by atoms with E-state index in [1.807, 2.05) is 70.2 Å². The SMILES string of the molecule is COCOc1cc(-c2ccc3c(N4CCN(C(=O)OC(C)(C)C)C[C@H]4C)nc(OCC4(CN5CCOCC5)CC4)nc3c2F)c2c(C#C[Si](C(C)C)(C(C)C)C(C)C)cccc2c1. The standard InChI is InChI=1S/C50H68FN5O6Si/c1-33(2)63(34(3)4,35(5)6)26-17-37-13-12-14-38-27-39(61-32-58-11)28-42(43(37)38)40-15-16-41-45(44(40)51)52-47(60-31-50(18-19-50)30-54-22-24-59-25-23-54)53-46(41)56-21-20-55(29-36(56)7)48(57)62-49(8,9)10/h12-16,27-28,33-36H,18-25,29-32H2,1-11H3/t36-/m1/s1. The zero-order chi connectivity index (χ0) is 45.3. The molecule has 1 amide bonds. The van der Waals surface area contributed by atoms with Gasteiger partial charge in [-0.05, 0) is 92.4 Å². The smallest absolute Gasteiger partial charge is 0.410 e. The second kappa shape index (κ2) is 18.9. The molecule has 63 heavy (non-hydrogen) atoms. The number of halogens is 1.